The van der Waals surface area contributed by atoms with E-state index in [2.05, 4.69) is 15.7 Å². The first kappa shape index (κ1) is 25.5. The second-order valence-electron chi connectivity index (χ2n) is 9.52. The first-order valence-electron chi connectivity index (χ1n) is 12.6. The normalized spacial score (nSPS) is 15.9. The number of piperidine rings is 1. The Labute approximate surface area is 220 Å². The Kier molecular flexibility index (Phi) is 6.90. The van der Waals surface area contributed by atoms with Gasteiger partial charge in [-0.05, 0) is 50.3 Å². The minimum atomic E-state index is -0.624. The maximum Gasteiger partial charge on any atom is 0.258 e. The Hall–Kier alpha value is -4.18. The van der Waals surface area contributed by atoms with Gasteiger partial charge in [-0.3, -0.25) is 24.4 Å². The zero-order valence-corrected chi connectivity index (χ0v) is 21.6. The first-order valence-corrected chi connectivity index (χ1v) is 12.6. The number of carbonyl (C=O) groups excluding carboxylic acids is 3. The molecule has 10 nitrogen and oxygen atoms in total. The Morgan fingerprint density at radius 2 is 1.87 bits per heavy atom. The van der Waals surface area contributed by atoms with Gasteiger partial charge in [0, 0.05) is 42.8 Å². The zero-order chi connectivity index (χ0) is 26.9. The molecule has 0 radical (unpaired) electrons. The third kappa shape index (κ3) is 4.87. The fourth-order valence-corrected chi connectivity index (χ4v) is 5.03. The van der Waals surface area contributed by atoms with Crippen molar-refractivity contribution in [1.29, 1.82) is 0 Å². The number of hydrogen-bond acceptors (Lipinski definition) is 8. The zero-order valence-electron chi connectivity index (χ0n) is 21.6. The molecular formula is C28H30N4O6. The van der Waals surface area contributed by atoms with Crippen LogP contribution in [0.3, 0.4) is 0 Å². The van der Waals surface area contributed by atoms with Crippen molar-refractivity contribution >= 4 is 17.6 Å². The third-order valence-corrected chi connectivity index (χ3v) is 6.93. The molecule has 0 bridgehead atoms. The van der Waals surface area contributed by atoms with E-state index in [-0.39, 0.29) is 23.3 Å². The molecule has 0 atom stereocenters. The minimum absolute atomic E-state index is 0.0637. The number of aromatic nitrogens is 2. The van der Waals surface area contributed by atoms with E-state index in [1.165, 1.54) is 13.2 Å². The summed E-state index contributed by atoms with van der Waals surface area (Å²) in [6, 6.07) is 7.81. The van der Waals surface area contributed by atoms with Gasteiger partial charge in [0.1, 0.15) is 22.8 Å². The van der Waals surface area contributed by atoms with E-state index in [4.69, 9.17) is 14.2 Å². The number of rotatable bonds is 6. The number of amides is 2. The molecule has 3 heterocycles. The Balaban J connectivity index is 1.38. The number of nitrogens with zero attached hydrogens (tertiary/aromatic N) is 2. The predicted molar refractivity (Wildman–Crippen MR) is 139 cm³/mol. The monoisotopic (exact) mass is 518 g/mol. The van der Waals surface area contributed by atoms with Crippen LogP contribution in [-0.2, 0) is 7.05 Å². The van der Waals surface area contributed by atoms with Crippen molar-refractivity contribution in [2.24, 2.45) is 7.05 Å². The summed E-state index contributed by atoms with van der Waals surface area (Å²) in [6.45, 7) is 3.79. The lowest BCUT2D eigenvalue weighted by Gasteiger charge is -2.40. The first-order chi connectivity index (χ1) is 18.3. The highest BCUT2D eigenvalue weighted by Crippen LogP contribution is 2.40. The Bertz CT molecular complexity index is 1410. The molecule has 1 saturated heterocycles. The molecule has 10 heteroatoms. The van der Waals surface area contributed by atoms with E-state index in [1.54, 1.807) is 42.2 Å². The number of fused-ring (bicyclic) bond motifs is 1. The molecule has 198 valence electrons. The molecule has 2 amide bonds. The minimum Gasteiger partial charge on any atom is -0.496 e. The van der Waals surface area contributed by atoms with Crippen molar-refractivity contribution in [1.82, 2.24) is 20.4 Å². The molecule has 1 spiro atoms. The number of aryl methyl sites for hydroxylation is 1. The largest absolute Gasteiger partial charge is 0.496 e. The van der Waals surface area contributed by atoms with Crippen molar-refractivity contribution in [2.45, 2.75) is 31.8 Å². The molecule has 5 rings (SSSR count). The highest BCUT2D eigenvalue weighted by molar-refractivity contribution is 6.12. The van der Waals surface area contributed by atoms with Gasteiger partial charge in [-0.1, -0.05) is 0 Å². The second kappa shape index (κ2) is 10.3. The third-order valence-electron chi connectivity index (χ3n) is 6.93. The van der Waals surface area contributed by atoms with Crippen molar-refractivity contribution in [3.05, 3.63) is 59.4 Å². The number of nitrogens with one attached hydrogen (secondary N) is 2. The van der Waals surface area contributed by atoms with Crippen LogP contribution in [0.4, 0.5) is 0 Å². The van der Waals surface area contributed by atoms with Crippen molar-refractivity contribution < 1.29 is 28.6 Å². The highest BCUT2D eigenvalue weighted by Gasteiger charge is 2.41. The molecule has 0 unspecified atom stereocenters. The van der Waals surface area contributed by atoms with Gasteiger partial charge >= 0.3 is 0 Å². The molecule has 2 aliphatic heterocycles. The molecule has 2 N–H and O–H groups in total. The number of carbonyl (C=O) groups is 3. The number of imide groups is 1. The highest BCUT2D eigenvalue weighted by atomic mass is 16.5. The summed E-state index contributed by atoms with van der Waals surface area (Å²) in [5.74, 6) is 0.00187. The molecule has 2 aromatic carbocycles. The smallest absolute Gasteiger partial charge is 0.258 e. The summed E-state index contributed by atoms with van der Waals surface area (Å²) in [4.78, 5) is 39.1. The van der Waals surface area contributed by atoms with Crippen LogP contribution in [0.1, 0.15) is 57.3 Å². The van der Waals surface area contributed by atoms with Crippen LogP contribution in [0.25, 0.3) is 11.1 Å². The number of ketones is 1. The number of benzene rings is 2. The van der Waals surface area contributed by atoms with Crippen LogP contribution in [0, 0.1) is 0 Å². The molecular weight excluding hydrogens is 488 g/mol. The van der Waals surface area contributed by atoms with Crippen molar-refractivity contribution in [3.63, 3.8) is 0 Å². The fourth-order valence-electron chi connectivity index (χ4n) is 5.03. The summed E-state index contributed by atoms with van der Waals surface area (Å²) in [5, 5.41) is 9.90. The average molecular weight is 519 g/mol. The van der Waals surface area contributed by atoms with E-state index in [0.717, 1.165) is 31.5 Å². The maximum atomic E-state index is 13.1. The number of hydrogen-bond donors (Lipinski definition) is 2. The summed E-state index contributed by atoms with van der Waals surface area (Å²) in [6.07, 6.45) is 5.27. The van der Waals surface area contributed by atoms with E-state index >= 15 is 0 Å². The summed E-state index contributed by atoms with van der Waals surface area (Å²) < 4.78 is 19.3. The molecule has 1 aromatic heterocycles. The van der Waals surface area contributed by atoms with Gasteiger partial charge in [0.2, 0.25) is 0 Å². The SMILES string of the molecule is CCOc1cc(C(=O)NC(=O)c2ccc3c(c2)C(=O)CC2(CCNCC2)O3)cc(OC)c1-c1cnn(C)c1. The molecule has 0 aliphatic carbocycles. The number of Topliss-reactive ketones (excluding diaryl/α,β-unsaturated/α-hetero) is 1. The van der Waals surface area contributed by atoms with Gasteiger partial charge in [0.05, 0.1) is 37.5 Å². The lowest BCUT2D eigenvalue weighted by atomic mass is 9.83. The van der Waals surface area contributed by atoms with Gasteiger partial charge in [0.25, 0.3) is 11.8 Å². The van der Waals surface area contributed by atoms with Crippen LogP contribution in [0.5, 0.6) is 17.2 Å². The fraction of sp³-hybridized carbons (Fsp3) is 0.357. The Morgan fingerprint density at radius 3 is 2.55 bits per heavy atom. The van der Waals surface area contributed by atoms with Gasteiger partial charge in [-0.15, -0.1) is 0 Å². The lowest BCUT2D eigenvalue weighted by molar-refractivity contribution is 0.0187. The number of ether oxygens (including phenoxy) is 3. The van der Waals surface area contributed by atoms with Crippen LogP contribution in [0.2, 0.25) is 0 Å². The van der Waals surface area contributed by atoms with Crippen LogP contribution in [0.15, 0.2) is 42.7 Å². The van der Waals surface area contributed by atoms with Gasteiger partial charge in [0.15, 0.2) is 5.78 Å². The lowest BCUT2D eigenvalue weighted by Crippen LogP contribution is -2.49. The molecule has 2 aliphatic rings. The maximum absolute atomic E-state index is 13.1. The molecule has 1 fully saturated rings. The van der Waals surface area contributed by atoms with Gasteiger partial charge in [-0.25, -0.2) is 0 Å². The van der Waals surface area contributed by atoms with E-state index in [0.29, 0.717) is 35.0 Å². The summed E-state index contributed by atoms with van der Waals surface area (Å²) in [5.41, 5.74) is 1.67. The van der Waals surface area contributed by atoms with Crippen LogP contribution < -0.4 is 24.8 Å². The van der Waals surface area contributed by atoms with Gasteiger partial charge < -0.3 is 19.5 Å². The van der Waals surface area contributed by atoms with E-state index < -0.39 is 17.4 Å². The standard InChI is InChI=1S/C28H30N4O6/c1-4-37-24-13-18(12-23(36-3)25(24)19-15-30-32(2)16-19)27(35)31-26(34)17-5-6-22-20(11-17)21(33)14-28(38-22)7-9-29-10-8-28/h5-6,11-13,15-16,29H,4,7-10,14H2,1-3H3,(H,31,34,35). The van der Waals surface area contributed by atoms with E-state index in [1.807, 2.05) is 13.1 Å². The van der Waals surface area contributed by atoms with Gasteiger partial charge in [-0.2, -0.15) is 5.10 Å². The molecule has 38 heavy (non-hydrogen) atoms. The van der Waals surface area contributed by atoms with Crippen molar-refractivity contribution in [2.75, 3.05) is 26.8 Å². The van der Waals surface area contributed by atoms with Crippen LogP contribution >= 0.6 is 0 Å². The molecule has 3 aromatic rings. The predicted octanol–water partition coefficient (Wildman–Crippen LogP) is 3.15. The van der Waals surface area contributed by atoms with Crippen molar-refractivity contribution in [3.8, 4) is 28.4 Å². The quantitative estimate of drug-likeness (QED) is 0.478. The summed E-state index contributed by atoms with van der Waals surface area (Å²) in [7, 11) is 3.30. The topological polar surface area (TPSA) is 121 Å². The summed E-state index contributed by atoms with van der Waals surface area (Å²) >= 11 is 0. The second-order valence-corrected chi connectivity index (χ2v) is 9.52. The Morgan fingerprint density at radius 1 is 1.13 bits per heavy atom. The van der Waals surface area contributed by atoms with Crippen LogP contribution in [-0.4, -0.2) is 59.8 Å². The van der Waals surface area contributed by atoms with E-state index in [9.17, 15) is 14.4 Å². The molecule has 0 saturated carbocycles. The average Bonchev–Trinajstić information content (AvgIpc) is 3.34. The number of methoxy groups -OCH3 is 1.